The van der Waals surface area contributed by atoms with E-state index in [9.17, 15) is 5.11 Å². The van der Waals surface area contributed by atoms with Crippen LogP contribution in [0.5, 0.6) is 0 Å². The number of rotatable bonds is 6. The third-order valence-electron chi connectivity index (χ3n) is 5.92. The number of aliphatic hydroxyl groups excluding tert-OH is 1. The second-order valence-corrected chi connectivity index (χ2v) is 7.85. The summed E-state index contributed by atoms with van der Waals surface area (Å²) in [6, 6.07) is 10.7. The molecule has 0 bridgehead atoms. The topological polar surface area (TPSA) is 61.3 Å². The second-order valence-electron chi connectivity index (χ2n) is 7.85. The molecule has 1 saturated heterocycles. The van der Waals surface area contributed by atoms with Crippen LogP contribution >= 0.6 is 0 Å². The first-order valence-electron chi connectivity index (χ1n) is 10.5. The molecule has 1 aliphatic heterocycles. The maximum Gasteiger partial charge on any atom is 0.225 e. The van der Waals surface area contributed by atoms with Crippen LogP contribution in [-0.2, 0) is 6.42 Å². The van der Waals surface area contributed by atoms with Crippen LogP contribution in [-0.4, -0.2) is 41.3 Å². The highest BCUT2D eigenvalue weighted by molar-refractivity contribution is 5.48. The van der Waals surface area contributed by atoms with Crippen LogP contribution in [0.25, 0.3) is 6.08 Å². The number of anilines is 1. The normalized spacial score (nSPS) is 20.5. The van der Waals surface area contributed by atoms with Crippen LogP contribution in [0.2, 0.25) is 0 Å². The lowest BCUT2D eigenvalue weighted by molar-refractivity contribution is 0.202. The molecule has 0 saturated carbocycles. The number of nitrogens with zero attached hydrogens (tertiary/aromatic N) is 3. The molecule has 5 nitrogen and oxygen atoms in total. The summed E-state index contributed by atoms with van der Waals surface area (Å²) in [4.78, 5) is 11.9. The maximum absolute atomic E-state index is 9.33. The predicted molar refractivity (Wildman–Crippen MR) is 113 cm³/mol. The minimum absolute atomic E-state index is 0.297. The van der Waals surface area contributed by atoms with Gasteiger partial charge in [-0.1, -0.05) is 42.5 Å². The fraction of sp³-hybridized carbons (Fsp3) is 0.478. The molecule has 2 N–H and O–H groups in total. The van der Waals surface area contributed by atoms with Gasteiger partial charge < -0.3 is 15.3 Å². The lowest BCUT2D eigenvalue weighted by Gasteiger charge is -2.32. The number of benzene rings is 1. The monoisotopic (exact) mass is 378 g/mol. The van der Waals surface area contributed by atoms with Crippen LogP contribution in [0, 0.1) is 5.92 Å². The molecule has 1 atom stereocenters. The van der Waals surface area contributed by atoms with E-state index >= 15 is 0 Å². The van der Waals surface area contributed by atoms with Crippen molar-refractivity contribution in [1.82, 2.24) is 15.3 Å². The molecule has 1 aliphatic carbocycles. The highest BCUT2D eigenvalue weighted by Gasteiger charge is 2.24. The van der Waals surface area contributed by atoms with E-state index in [1.807, 2.05) is 12.3 Å². The molecule has 28 heavy (non-hydrogen) atoms. The molecule has 0 radical (unpaired) electrons. The maximum atomic E-state index is 9.33. The molecule has 1 aromatic carbocycles. The first kappa shape index (κ1) is 19.1. The van der Waals surface area contributed by atoms with Crippen LogP contribution in [0.1, 0.15) is 48.5 Å². The average molecular weight is 379 g/mol. The van der Waals surface area contributed by atoms with Gasteiger partial charge in [0.2, 0.25) is 5.95 Å². The lowest BCUT2D eigenvalue weighted by atomic mass is 9.92. The van der Waals surface area contributed by atoms with Gasteiger partial charge in [0.1, 0.15) is 0 Å². The summed E-state index contributed by atoms with van der Waals surface area (Å²) >= 11 is 0. The average Bonchev–Trinajstić information content (AvgIpc) is 2.77. The summed E-state index contributed by atoms with van der Waals surface area (Å²) in [5, 5.41) is 13.0. The number of nitrogens with one attached hydrogen (secondary N) is 1. The highest BCUT2D eigenvalue weighted by atomic mass is 16.3. The number of aryl methyl sites for hydroxylation is 1. The Kier molecular flexibility index (Phi) is 6.34. The van der Waals surface area contributed by atoms with Gasteiger partial charge in [-0.3, -0.25) is 0 Å². The summed E-state index contributed by atoms with van der Waals surface area (Å²) in [6.07, 6.45) is 11.8. The standard InChI is InChI=1S/C23H30N4O/c28-17-19-11-14-27(15-12-19)23-25-16-20-21(9-4-10-22(20)26-23)24-13-5-8-18-6-2-1-3-7-18/h1-3,5-8,16,19,21,24,28H,4,9-15,17H2/b8-5+/t21-/m0/s1. The quantitative estimate of drug-likeness (QED) is 0.807. The van der Waals surface area contributed by atoms with E-state index in [0.29, 0.717) is 18.6 Å². The van der Waals surface area contributed by atoms with Gasteiger partial charge in [0.15, 0.2) is 0 Å². The van der Waals surface area contributed by atoms with E-state index in [1.54, 1.807) is 0 Å². The molecule has 2 aromatic rings. The molecule has 0 spiro atoms. The smallest absolute Gasteiger partial charge is 0.225 e. The van der Waals surface area contributed by atoms with Gasteiger partial charge >= 0.3 is 0 Å². The minimum atomic E-state index is 0.297. The number of hydrogen-bond acceptors (Lipinski definition) is 5. The van der Waals surface area contributed by atoms with Crippen molar-refractivity contribution in [2.45, 2.75) is 38.1 Å². The van der Waals surface area contributed by atoms with Gasteiger partial charge in [0.05, 0.1) is 5.69 Å². The van der Waals surface area contributed by atoms with Crippen molar-refractivity contribution in [2.24, 2.45) is 5.92 Å². The molecule has 0 amide bonds. The Balaban J connectivity index is 1.37. The molecule has 2 aliphatic rings. The summed E-state index contributed by atoms with van der Waals surface area (Å²) in [5.74, 6) is 1.30. The Morgan fingerprint density at radius 1 is 1.14 bits per heavy atom. The Labute approximate surface area is 167 Å². The SMILES string of the molecule is OCC1CCN(c2ncc3c(n2)CCC[C@@H]3NC/C=C/c2ccccc2)CC1. The summed E-state index contributed by atoms with van der Waals surface area (Å²) in [5.41, 5.74) is 3.68. The molecule has 0 unspecified atom stereocenters. The fourth-order valence-electron chi connectivity index (χ4n) is 4.19. The second kappa shape index (κ2) is 9.30. The van der Waals surface area contributed by atoms with Crippen molar-refractivity contribution in [3.63, 3.8) is 0 Å². The van der Waals surface area contributed by atoms with Crippen LogP contribution in [0.4, 0.5) is 5.95 Å². The molecular weight excluding hydrogens is 348 g/mol. The van der Waals surface area contributed by atoms with Crippen LogP contribution in [0.3, 0.4) is 0 Å². The minimum Gasteiger partial charge on any atom is -0.396 e. The Morgan fingerprint density at radius 3 is 2.75 bits per heavy atom. The Bertz CT molecular complexity index is 784. The molecule has 1 fully saturated rings. The van der Waals surface area contributed by atoms with Gasteiger partial charge in [0.25, 0.3) is 0 Å². The number of hydrogen-bond donors (Lipinski definition) is 2. The summed E-state index contributed by atoms with van der Waals surface area (Å²) < 4.78 is 0. The Morgan fingerprint density at radius 2 is 1.96 bits per heavy atom. The van der Waals surface area contributed by atoms with Crippen molar-refractivity contribution in [2.75, 3.05) is 31.1 Å². The largest absolute Gasteiger partial charge is 0.396 e. The number of fused-ring (bicyclic) bond motifs is 1. The fourth-order valence-corrected chi connectivity index (χ4v) is 4.19. The first-order chi connectivity index (χ1) is 13.8. The van der Waals surface area contributed by atoms with E-state index in [-0.39, 0.29) is 0 Å². The zero-order valence-electron chi connectivity index (χ0n) is 16.4. The summed E-state index contributed by atoms with van der Waals surface area (Å²) in [7, 11) is 0. The lowest BCUT2D eigenvalue weighted by Crippen LogP contribution is -2.36. The van der Waals surface area contributed by atoms with Gasteiger partial charge in [-0.05, 0) is 43.6 Å². The number of aliphatic hydroxyl groups is 1. The zero-order valence-corrected chi connectivity index (χ0v) is 16.4. The van der Waals surface area contributed by atoms with Crippen molar-refractivity contribution < 1.29 is 5.11 Å². The van der Waals surface area contributed by atoms with E-state index in [2.05, 4.69) is 51.6 Å². The molecule has 5 heteroatoms. The molecule has 1 aromatic heterocycles. The Hall–Kier alpha value is -2.24. The number of piperidine rings is 1. The third-order valence-corrected chi connectivity index (χ3v) is 5.92. The van der Waals surface area contributed by atoms with Crippen LogP contribution in [0.15, 0.2) is 42.6 Å². The van der Waals surface area contributed by atoms with Gasteiger partial charge in [0, 0.05) is 44.0 Å². The molecule has 148 valence electrons. The first-order valence-corrected chi connectivity index (χ1v) is 10.5. The third kappa shape index (κ3) is 4.59. The zero-order chi connectivity index (χ0) is 19.2. The molecule has 4 rings (SSSR count). The van der Waals surface area contributed by atoms with Crippen molar-refractivity contribution in [3.8, 4) is 0 Å². The van der Waals surface area contributed by atoms with Crippen LogP contribution < -0.4 is 10.2 Å². The van der Waals surface area contributed by atoms with Crippen molar-refractivity contribution in [1.29, 1.82) is 0 Å². The van der Waals surface area contributed by atoms with Crippen molar-refractivity contribution in [3.05, 3.63) is 59.4 Å². The van der Waals surface area contributed by atoms with Gasteiger partial charge in [-0.25, -0.2) is 9.97 Å². The van der Waals surface area contributed by atoms with E-state index < -0.39 is 0 Å². The van der Waals surface area contributed by atoms with E-state index in [4.69, 9.17) is 4.98 Å². The van der Waals surface area contributed by atoms with E-state index in [0.717, 1.165) is 57.7 Å². The highest BCUT2D eigenvalue weighted by Crippen LogP contribution is 2.30. The predicted octanol–water partition coefficient (Wildman–Crippen LogP) is 3.37. The summed E-state index contributed by atoms with van der Waals surface area (Å²) in [6.45, 7) is 3.02. The number of aromatic nitrogens is 2. The van der Waals surface area contributed by atoms with E-state index in [1.165, 1.54) is 16.8 Å². The molecule has 2 heterocycles. The molecular formula is C23H30N4O. The van der Waals surface area contributed by atoms with Crippen molar-refractivity contribution >= 4 is 12.0 Å². The van der Waals surface area contributed by atoms with Gasteiger partial charge in [-0.15, -0.1) is 0 Å². The van der Waals surface area contributed by atoms with Gasteiger partial charge in [-0.2, -0.15) is 0 Å².